The lowest BCUT2D eigenvalue weighted by atomic mass is 10.1. The number of carbonyl (C=O) groups excluding carboxylic acids is 1. The van der Waals surface area contributed by atoms with Crippen molar-refractivity contribution in [2.24, 2.45) is 0 Å². The van der Waals surface area contributed by atoms with Crippen molar-refractivity contribution in [1.29, 1.82) is 0 Å². The van der Waals surface area contributed by atoms with Crippen LogP contribution in [0.15, 0.2) is 18.2 Å². The molecule has 0 radical (unpaired) electrons. The van der Waals surface area contributed by atoms with E-state index in [2.05, 4.69) is 17.0 Å². The summed E-state index contributed by atoms with van der Waals surface area (Å²) >= 11 is 13.6. The van der Waals surface area contributed by atoms with E-state index in [9.17, 15) is 4.79 Å². The highest BCUT2D eigenvalue weighted by Crippen LogP contribution is 2.33. The van der Waals surface area contributed by atoms with Crippen LogP contribution in [0.2, 0.25) is 10.0 Å². The van der Waals surface area contributed by atoms with E-state index >= 15 is 0 Å². The van der Waals surface area contributed by atoms with E-state index in [4.69, 9.17) is 23.2 Å². The van der Waals surface area contributed by atoms with Crippen LogP contribution in [-0.4, -0.2) is 20.9 Å². The minimum Gasteiger partial charge on any atom is -0.296 e. The van der Waals surface area contributed by atoms with Crippen molar-refractivity contribution in [1.82, 2.24) is 14.6 Å². The molecule has 0 unspecified atom stereocenters. The molecule has 0 bridgehead atoms. The molecule has 0 N–H and O–H groups in total. The second-order valence-electron chi connectivity index (χ2n) is 4.53. The molecule has 2 heterocycles. The van der Waals surface area contributed by atoms with Gasteiger partial charge >= 0.3 is 0 Å². The van der Waals surface area contributed by atoms with Crippen LogP contribution in [0.3, 0.4) is 0 Å². The molecule has 0 aliphatic heterocycles. The minimum atomic E-state index is 0.410. The Balaban J connectivity index is 2.18. The molecule has 0 saturated heterocycles. The fraction of sp³-hybridized carbons (Fsp3) is 0.214. The van der Waals surface area contributed by atoms with Gasteiger partial charge in [-0.05, 0) is 24.6 Å². The Morgan fingerprint density at radius 3 is 2.86 bits per heavy atom. The Morgan fingerprint density at radius 1 is 1.38 bits per heavy atom. The Hall–Kier alpha value is -1.43. The standard InChI is InChI=1S/C14H11Cl2N3OS/c1-2-3-12-18-19-11(7-20)13(17-14(19)21-12)9-5-4-8(15)6-10(9)16/h4-7H,2-3H2,1H3. The molecular formula is C14H11Cl2N3OS. The molecular weight excluding hydrogens is 329 g/mol. The molecule has 0 spiro atoms. The third kappa shape index (κ3) is 2.57. The summed E-state index contributed by atoms with van der Waals surface area (Å²) in [6.07, 6.45) is 2.64. The van der Waals surface area contributed by atoms with Gasteiger partial charge in [-0.15, -0.1) is 0 Å². The van der Waals surface area contributed by atoms with Gasteiger partial charge in [0.25, 0.3) is 0 Å². The third-order valence-electron chi connectivity index (χ3n) is 3.04. The van der Waals surface area contributed by atoms with E-state index in [0.29, 0.717) is 32.0 Å². The van der Waals surface area contributed by atoms with Crippen LogP contribution in [-0.2, 0) is 6.42 Å². The number of fused-ring (bicyclic) bond motifs is 1. The van der Waals surface area contributed by atoms with Crippen LogP contribution in [0.25, 0.3) is 16.2 Å². The first-order chi connectivity index (χ1) is 10.1. The van der Waals surface area contributed by atoms with Gasteiger partial charge in [0.1, 0.15) is 16.4 Å². The molecule has 0 atom stereocenters. The topological polar surface area (TPSA) is 47.3 Å². The second kappa shape index (κ2) is 5.75. The number of aryl methyl sites for hydroxylation is 1. The average molecular weight is 340 g/mol. The number of aldehydes is 1. The van der Waals surface area contributed by atoms with E-state index in [0.717, 1.165) is 24.1 Å². The molecule has 4 nitrogen and oxygen atoms in total. The maximum Gasteiger partial charge on any atom is 0.213 e. The van der Waals surface area contributed by atoms with Crippen molar-refractivity contribution in [2.45, 2.75) is 19.8 Å². The molecule has 7 heteroatoms. The Morgan fingerprint density at radius 2 is 2.19 bits per heavy atom. The van der Waals surface area contributed by atoms with Crippen LogP contribution in [0.1, 0.15) is 28.8 Å². The molecule has 1 aromatic carbocycles. The van der Waals surface area contributed by atoms with Crippen molar-refractivity contribution in [2.75, 3.05) is 0 Å². The molecule has 3 rings (SSSR count). The predicted octanol–water partition coefficient (Wildman–Crippen LogP) is 4.53. The average Bonchev–Trinajstić information content (AvgIpc) is 2.95. The van der Waals surface area contributed by atoms with Crippen LogP contribution in [0, 0.1) is 0 Å². The van der Waals surface area contributed by atoms with Gasteiger partial charge in [0.2, 0.25) is 4.96 Å². The molecule has 21 heavy (non-hydrogen) atoms. The summed E-state index contributed by atoms with van der Waals surface area (Å²) in [4.78, 5) is 16.7. The van der Waals surface area contributed by atoms with Gasteiger partial charge in [-0.2, -0.15) is 9.61 Å². The Bertz CT molecular complexity index is 825. The van der Waals surface area contributed by atoms with Gasteiger partial charge in [-0.25, -0.2) is 4.98 Å². The molecule has 2 aromatic heterocycles. The number of imidazole rings is 1. The van der Waals surface area contributed by atoms with E-state index in [-0.39, 0.29) is 0 Å². The number of rotatable bonds is 4. The summed E-state index contributed by atoms with van der Waals surface area (Å²) in [5, 5.41) is 6.41. The fourth-order valence-electron chi connectivity index (χ4n) is 2.10. The van der Waals surface area contributed by atoms with E-state index in [1.807, 2.05) is 0 Å². The lowest BCUT2D eigenvalue weighted by Gasteiger charge is -2.02. The van der Waals surface area contributed by atoms with Crippen molar-refractivity contribution in [3.05, 3.63) is 38.9 Å². The first-order valence-corrected chi connectivity index (χ1v) is 8.00. The maximum absolute atomic E-state index is 11.5. The SMILES string of the molecule is CCCc1nn2c(C=O)c(-c3ccc(Cl)cc3Cl)nc2s1. The van der Waals surface area contributed by atoms with Gasteiger partial charge in [0.15, 0.2) is 6.29 Å². The molecule has 3 aromatic rings. The van der Waals surface area contributed by atoms with Gasteiger partial charge in [0.05, 0.1) is 5.02 Å². The lowest BCUT2D eigenvalue weighted by Crippen LogP contribution is -1.95. The summed E-state index contributed by atoms with van der Waals surface area (Å²) in [6.45, 7) is 2.09. The zero-order valence-corrected chi connectivity index (χ0v) is 13.5. The highest BCUT2D eigenvalue weighted by Gasteiger charge is 2.19. The smallest absolute Gasteiger partial charge is 0.213 e. The normalized spacial score (nSPS) is 11.2. The van der Waals surface area contributed by atoms with Gasteiger partial charge < -0.3 is 0 Å². The van der Waals surface area contributed by atoms with Crippen LogP contribution in [0.5, 0.6) is 0 Å². The van der Waals surface area contributed by atoms with E-state index in [1.165, 1.54) is 11.3 Å². The number of aromatic nitrogens is 3. The summed E-state index contributed by atoms with van der Waals surface area (Å²) in [5.74, 6) is 0. The number of hydrogen-bond acceptors (Lipinski definition) is 4. The number of benzene rings is 1. The summed E-state index contributed by atoms with van der Waals surface area (Å²) in [6, 6.07) is 5.12. The molecule has 108 valence electrons. The predicted molar refractivity (Wildman–Crippen MR) is 85.7 cm³/mol. The summed E-state index contributed by atoms with van der Waals surface area (Å²) in [7, 11) is 0. The zero-order chi connectivity index (χ0) is 15.0. The van der Waals surface area contributed by atoms with Gasteiger partial charge in [0, 0.05) is 17.0 Å². The van der Waals surface area contributed by atoms with Crippen molar-refractivity contribution >= 4 is 45.8 Å². The first-order valence-electron chi connectivity index (χ1n) is 6.43. The van der Waals surface area contributed by atoms with Crippen molar-refractivity contribution in [3.8, 4) is 11.3 Å². The van der Waals surface area contributed by atoms with Crippen molar-refractivity contribution < 1.29 is 4.79 Å². The van der Waals surface area contributed by atoms with Crippen LogP contribution >= 0.6 is 34.5 Å². The van der Waals surface area contributed by atoms with E-state index < -0.39 is 0 Å². The zero-order valence-electron chi connectivity index (χ0n) is 11.1. The number of nitrogens with zero attached hydrogens (tertiary/aromatic N) is 3. The largest absolute Gasteiger partial charge is 0.296 e. The molecule has 0 amide bonds. The summed E-state index contributed by atoms with van der Waals surface area (Å²) in [5.41, 5.74) is 1.62. The molecule has 0 aliphatic carbocycles. The summed E-state index contributed by atoms with van der Waals surface area (Å²) < 4.78 is 1.59. The lowest BCUT2D eigenvalue weighted by molar-refractivity contribution is 0.111. The van der Waals surface area contributed by atoms with Gasteiger partial charge in [-0.3, -0.25) is 4.79 Å². The number of carbonyl (C=O) groups is 1. The third-order valence-corrected chi connectivity index (χ3v) is 4.56. The van der Waals surface area contributed by atoms with Crippen LogP contribution in [0.4, 0.5) is 0 Å². The van der Waals surface area contributed by atoms with E-state index in [1.54, 1.807) is 22.7 Å². The van der Waals surface area contributed by atoms with Crippen molar-refractivity contribution in [3.63, 3.8) is 0 Å². The fourth-order valence-corrected chi connectivity index (χ4v) is 3.60. The van der Waals surface area contributed by atoms with Gasteiger partial charge in [-0.1, -0.05) is 41.5 Å². The Kier molecular flexibility index (Phi) is 3.97. The highest BCUT2D eigenvalue weighted by molar-refractivity contribution is 7.16. The second-order valence-corrected chi connectivity index (χ2v) is 6.41. The number of halogens is 2. The monoisotopic (exact) mass is 339 g/mol. The minimum absolute atomic E-state index is 0.410. The Labute approximate surface area is 135 Å². The maximum atomic E-state index is 11.5. The quantitative estimate of drug-likeness (QED) is 0.656. The number of hydrogen-bond donors (Lipinski definition) is 0. The highest BCUT2D eigenvalue weighted by atomic mass is 35.5. The first kappa shape index (κ1) is 14.5. The molecule has 0 aliphatic rings. The molecule has 0 fully saturated rings. The van der Waals surface area contributed by atoms with Crippen LogP contribution < -0.4 is 0 Å². The molecule has 0 saturated carbocycles.